The summed E-state index contributed by atoms with van der Waals surface area (Å²) in [7, 11) is 0. The molecule has 0 amide bonds. The third-order valence-corrected chi connectivity index (χ3v) is 1.55. The van der Waals surface area contributed by atoms with Crippen LogP contribution >= 0.6 is 0 Å². The molecule has 1 aromatic rings. The highest BCUT2D eigenvalue weighted by Crippen LogP contribution is 2.27. The lowest BCUT2D eigenvalue weighted by Crippen LogP contribution is -2.09. The molecule has 1 rings (SSSR count). The Morgan fingerprint density at radius 2 is 2.07 bits per heavy atom. The Bertz CT molecular complexity index is 381. The number of carbonyl (C=O) groups is 1. The first kappa shape index (κ1) is 10.2. The molecule has 0 unspecified atom stereocenters. The number of carboxylic acids is 1. The first-order valence-electron chi connectivity index (χ1n) is 3.50. The van der Waals surface area contributed by atoms with Crippen LogP contribution in [0.3, 0.4) is 0 Å². The standard InChI is InChI=1S/C7H7F2N3O2/c8-6(9)5-4(11)2(7(13)14)1-3(10)12-5/h1,6H,11H2,(H2,10,12)(H,13,14). The predicted octanol–water partition coefficient (Wildman–Crippen LogP) is 0.882. The molecule has 0 aromatic carbocycles. The third kappa shape index (κ3) is 1.70. The van der Waals surface area contributed by atoms with Crippen LogP contribution in [0.5, 0.6) is 0 Å². The maximum Gasteiger partial charge on any atom is 0.338 e. The quantitative estimate of drug-likeness (QED) is 0.662. The lowest BCUT2D eigenvalue weighted by Gasteiger charge is -2.07. The number of rotatable bonds is 2. The fraction of sp³-hybridized carbons (Fsp3) is 0.143. The summed E-state index contributed by atoms with van der Waals surface area (Å²) < 4.78 is 24.5. The first-order valence-corrected chi connectivity index (χ1v) is 3.50. The normalized spacial score (nSPS) is 10.5. The van der Waals surface area contributed by atoms with E-state index < -0.39 is 29.3 Å². The molecule has 0 aliphatic carbocycles. The zero-order valence-corrected chi connectivity index (χ0v) is 6.87. The van der Waals surface area contributed by atoms with Crippen LogP contribution in [-0.2, 0) is 0 Å². The van der Waals surface area contributed by atoms with Crippen LogP contribution in [0.25, 0.3) is 0 Å². The molecule has 14 heavy (non-hydrogen) atoms. The smallest absolute Gasteiger partial charge is 0.338 e. The first-order chi connectivity index (χ1) is 6.43. The molecule has 1 heterocycles. The lowest BCUT2D eigenvalue weighted by atomic mass is 10.1. The molecule has 0 aliphatic heterocycles. The number of hydrogen-bond acceptors (Lipinski definition) is 4. The molecular formula is C7H7F2N3O2. The van der Waals surface area contributed by atoms with Crippen LogP contribution in [0.2, 0.25) is 0 Å². The summed E-state index contributed by atoms with van der Waals surface area (Å²) in [4.78, 5) is 13.8. The average molecular weight is 203 g/mol. The fourth-order valence-electron chi connectivity index (χ4n) is 0.938. The van der Waals surface area contributed by atoms with Crippen LogP contribution in [0.1, 0.15) is 22.5 Å². The third-order valence-electron chi connectivity index (χ3n) is 1.55. The van der Waals surface area contributed by atoms with Gasteiger partial charge in [0.05, 0.1) is 11.3 Å². The second-order valence-electron chi connectivity index (χ2n) is 2.50. The summed E-state index contributed by atoms with van der Waals surface area (Å²) in [6.07, 6.45) is -2.95. The number of hydrogen-bond donors (Lipinski definition) is 3. The summed E-state index contributed by atoms with van der Waals surface area (Å²) in [5.41, 5.74) is 8.49. The fourth-order valence-corrected chi connectivity index (χ4v) is 0.938. The van der Waals surface area contributed by atoms with Crippen molar-refractivity contribution >= 4 is 17.5 Å². The number of anilines is 2. The number of nitrogens with two attached hydrogens (primary N) is 2. The summed E-state index contributed by atoms with van der Waals surface area (Å²) in [6, 6.07) is 0.934. The van der Waals surface area contributed by atoms with Crippen molar-refractivity contribution in [2.24, 2.45) is 0 Å². The van der Waals surface area contributed by atoms with Crippen molar-refractivity contribution in [2.45, 2.75) is 6.43 Å². The monoisotopic (exact) mass is 203 g/mol. The number of aromatic carboxylic acids is 1. The molecular weight excluding hydrogens is 196 g/mol. The highest BCUT2D eigenvalue weighted by atomic mass is 19.3. The minimum Gasteiger partial charge on any atom is -0.478 e. The van der Waals surface area contributed by atoms with Crippen LogP contribution < -0.4 is 11.5 Å². The SMILES string of the molecule is Nc1cc(C(=O)O)c(N)c(C(F)F)n1. The van der Waals surface area contributed by atoms with Crippen molar-refractivity contribution < 1.29 is 18.7 Å². The van der Waals surface area contributed by atoms with Crippen molar-refractivity contribution in [3.8, 4) is 0 Å². The molecule has 1 aromatic heterocycles. The molecule has 7 heteroatoms. The van der Waals surface area contributed by atoms with Gasteiger partial charge in [0.2, 0.25) is 0 Å². The zero-order valence-electron chi connectivity index (χ0n) is 6.87. The van der Waals surface area contributed by atoms with E-state index in [-0.39, 0.29) is 5.82 Å². The van der Waals surface area contributed by atoms with E-state index in [0.29, 0.717) is 0 Å². The second-order valence-corrected chi connectivity index (χ2v) is 2.50. The van der Waals surface area contributed by atoms with Gasteiger partial charge in [0.15, 0.2) is 0 Å². The molecule has 76 valence electrons. The van der Waals surface area contributed by atoms with Gasteiger partial charge in [-0.3, -0.25) is 0 Å². The van der Waals surface area contributed by atoms with Crippen molar-refractivity contribution in [3.63, 3.8) is 0 Å². The Labute approximate surface area is 77.3 Å². The van der Waals surface area contributed by atoms with Crippen molar-refractivity contribution in [1.29, 1.82) is 0 Å². The second kappa shape index (κ2) is 3.44. The summed E-state index contributed by atoms with van der Waals surface area (Å²) >= 11 is 0. The Morgan fingerprint density at radius 1 is 1.50 bits per heavy atom. The van der Waals surface area contributed by atoms with Gasteiger partial charge in [0, 0.05) is 0 Å². The number of halogens is 2. The molecule has 5 nitrogen and oxygen atoms in total. The van der Waals surface area contributed by atoms with Gasteiger partial charge in [0.1, 0.15) is 11.5 Å². The predicted molar refractivity (Wildman–Crippen MR) is 45.0 cm³/mol. The lowest BCUT2D eigenvalue weighted by molar-refractivity contribution is 0.0697. The van der Waals surface area contributed by atoms with E-state index in [0.717, 1.165) is 6.07 Å². The minimum absolute atomic E-state index is 0.299. The number of pyridine rings is 1. The van der Waals surface area contributed by atoms with Gasteiger partial charge in [0.25, 0.3) is 6.43 Å². The molecule has 0 radical (unpaired) electrons. The molecule has 0 saturated carbocycles. The van der Waals surface area contributed by atoms with E-state index in [9.17, 15) is 13.6 Å². The largest absolute Gasteiger partial charge is 0.478 e. The van der Waals surface area contributed by atoms with E-state index >= 15 is 0 Å². The van der Waals surface area contributed by atoms with Gasteiger partial charge in [-0.1, -0.05) is 0 Å². The summed E-state index contributed by atoms with van der Waals surface area (Å²) in [5, 5.41) is 8.59. The van der Waals surface area contributed by atoms with Crippen LogP contribution in [-0.4, -0.2) is 16.1 Å². The highest BCUT2D eigenvalue weighted by molar-refractivity contribution is 5.94. The van der Waals surface area contributed by atoms with Crippen molar-refractivity contribution in [3.05, 3.63) is 17.3 Å². The molecule has 5 N–H and O–H groups in total. The molecule has 0 bridgehead atoms. The topological polar surface area (TPSA) is 102 Å². The summed E-state index contributed by atoms with van der Waals surface area (Å²) in [5.74, 6) is -1.72. The van der Waals surface area contributed by atoms with E-state index in [2.05, 4.69) is 4.98 Å². The van der Waals surface area contributed by atoms with Gasteiger partial charge in [-0.05, 0) is 6.07 Å². The van der Waals surface area contributed by atoms with Crippen molar-refractivity contribution in [2.75, 3.05) is 11.5 Å². The van der Waals surface area contributed by atoms with Crippen LogP contribution in [0.4, 0.5) is 20.3 Å². The maximum absolute atomic E-state index is 12.3. The average Bonchev–Trinajstić information content (AvgIpc) is 2.07. The Morgan fingerprint density at radius 3 is 2.50 bits per heavy atom. The summed E-state index contributed by atoms with van der Waals surface area (Å²) in [6.45, 7) is 0. The molecule has 0 aliphatic rings. The Kier molecular flexibility index (Phi) is 2.50. The number of alkyl halides is 2. The maximum atomic E-state index is 12.3. The van der Waals surface area contributed by atoms with Gasteiger partial charge in [-0.25, -0.2) is 18.6 Å². The molecule has 0 fully saturated rings. The number of aromatic nitrogens is 1. The highest BCUT2D eigenvalue weighted by Gasteiger charge is 2.20. The number of carboxylic acid groups (broad SMARTS) is 1. The van der Waals surface area contributed by atoms with Gasteiger partial charge in [-0.2, -0.15) is 0 Å². The van der Waals surface area contributed by atoms with Gasteiger partial charge < -0.3 is 16.6 Å². The number of nitrogens with zero attached hydrogens (tertiary/aromatic N) is 1. The van der Waals surface area contributed by atoms with Gasteiger partial charge in [-0.15, -0.1) is 0 Å². The van der Waals surface area contributed by atoms with Gasteiger partial charge >= 0.3 is 5.97 Å². The van der Waals surface area contributed by atoms with E-state index in [1.54, 1.807) is 0 Å². The van der Waals surface area contributed by atoms with E-state index in [1.807, 2.05) is 0 Å². The zero-order chi connectivity index (χ0) is 10.9. The number of nitrogen functional groups attached to an aromatic ring is 2. The Hall–Kier alpha value is -1.92. The molecule has 0 spiro atoms. The molecule has 0 saturated heterocycles. The van der Waals surface area contributed by atoms with Crippen LogP contribution in [0, 0.1) is 0 Å². The minimum atomic E-state index is -2.95. The van der Waals surface area contributed by atoms with E-state index in [4.69, 9.17) is 16.6 Å². The Balaban J connectivity index is 3.40. The van der Waals surface area contributed by atoms with E-state index in [1.165, 1.54) is 0 Å². The van der Waals surface area contributed by atoms with Crippen molar-refractivity contribution in [1.82, 2.24) is 4.98 Å². The molecule has 0 atom stereocenters. The van der Waals surface area contributed by atoms with Crippen LogP contribution in [0.15, 0.2) is 6.07 Å².